The molecule has 1 aliphatic rings. The first-order valence-corrected chi connectivity index (χ1v) is 4.92. The summed E-state index contributed by atoms with van der Waals surface area (Å²) in [4.78, 5) is 0. The minimum Gasteiger partial charge on any atom is -0.0613 e. The predicted octanol–water partition coefficient (Wildman–Crippen LogP) is 3.05. The molecule has 0 unspecified atom stereocenters. The third-order valence-corrected chi connectivity index (χ3v) is 2.93. The summed E-state index contributed by atoms with van der Waals surface area (Å²) in [7, 11) is 0. The Balaban J connectivity index is 2.49. The van der Waals surface area contributed by atoms with E-state index in [1.54, 1.807) is 11.1 Å². The third kappa shape index (κ3) is 1.16. The molecule has 0 amide bonds. The molecule has 1 aromatic carbocycles. The maximum absolute atomic E-state index is 2.41. The molecule has 1 aromatic rings. The van der Waals surface area contributed by atoms with Crippen LogP contribution in [0.5, 0.6) is 0 Å². The molecule has 0 saturated carbocycles. The Morgan fingerprint density at radius 2 is 1.83 bits per heavy atom. The van der Waals surface area contributed by atoms with Crippen LogP contribution in [0, 0.1) is 6.92 Å². The topological polar surface area (TPSA) is 0 Å². The Morgan fingerprint density at radius 1 is 1.17 bits per heavy atom. The predicted molar refractivity (Wildman–Crippen MR) is 52.6 cm³/mol. The normalized spacial score (nSPS) is 14.8. The Labute approximate surface area is 74.6 Å². The molecule has 0 saturated heterocycles. The molecule has 0 fully saturated rings. The van der Waals surface area contributed by atoms with Gasteiger partial charge in [0.15, 0.2) is 0 Å². The summed E-state index contributed by atoms with van der Waals surface area (Å²) in [6.07, 6.45) is 5.16. The summed E-state index contributed by atoms with van der Waals surface area (Å²) < 4.78 is 0. The number of hydrogen-bond donors (Lipinski definition) is 0. The van der Waals surface area contributed by atoms with Gasteiger partial charge < -0.3 is 0 Å². The van der Waals surface area contributed by atoms with Crippen molar-refractivity contribution in [2.75, 3.05) is 0 Å². The third-order valence-electron chi connectivity index (χ3n) is 2.93. The number of hydrogen-bond acceptors (Lipinski definition) is 0. The van der Waals surface area contributed by atoms with Gasteiger partial charge >= 0.3 is 0 Å². The summed E-state index contributed by atoms with van der Waals surface area (Å²) in [5.41, 5.74) is 6.23. The number of fused-ring (bicyclic) bond motifs is 1. The monoisotopic (exact) mass is 160 g/mol. The van der Waals surface area contributed by atoms with Crippen molar-refractivity contribution < 1.29 is 0 Å². The molecule has 0 spiro atoms. The van der Waals surface area contributed by atoms with Crippen molar-refractivity contribution in [1.29, 1.82) is 0 Å². The van der Waals surface area contributed by atoms with Gasteiger partial charge in [0, 0.05) is 0 Å². The van der Waals surface area contributed by atoms with E-state index >= 15 is 0 Å². The Bertz CT molecular complexity index is 296. The lowest BCUT2D eigenvalue weighted by molar-refractivity contribution is 0.911. The van der Waals surface area contributed by atoms with Crippen molar-refractivity contribution in [3.05, 3.63) is 34.4 Å². The van der Waals surface area contributed by atoms with Gasteiger partial charge in [-0.2, -0.15) is 0 Å². The SMILES string of the molecule is CCc1cc2c(cc1C)CCC2. The number of benzene rings is 1. The van der Waals surface area contributed by atoms with Crippen molar-refractivity contribution in [3.8, 4) is 0 Å². The first-order valence-electron chi connectivity index (χ1n) is 4.92. The smallest absolute Gasteiger partial charge is 0.0273 e. The molecule has 64 valence electrons. The van der Waals surface area contributed by atoms with E-state index in [0.29, 0.717) is 0 Å². The zero-order chi connectivity index (χ0) is 8.55. The van der Waals surface area contributed by atoms with E-state index in [1.807, 2.05) is 0 Å². The van der Waals surface area contributed by atoms with Gasteiger partial charge in [0.2, 0.25) is 0 Å². The molecular formula is C12H16. The van der Waals surface area contributed by atoms with Crippen LogP contribution in [0.4, 0.5) is 0 Å². The summed E-state index contributed by atoms with van der Waals surface area (Å²) in [5.74, 6) is 0. The molecule has 0 aromatic heterocycles. The lowest BCUT2D eigenvalue weighted by Crippen LogP contribution is -1.91. The molecule has 0 aliphatic heterocycles. The van der Waals surface area contributed by atoms with E-state index in [4.69, 9.17) is 0 Å². The molecule has 0 heteroatoms. The minimum absolute atomic E-state index is 1.18. The Kier molecular flexibility index (Phi) is 1.92. The molecule has 2 rings (SSSR count). The van der Waals surface area contributed by atoms with E-state index < -0.39 is 0 Å². The molecule has 0 nitrogen and oxygen atoms in total. The lowest BCUT2D eigenvalue weighted by Gasteiger charge is -2.06. The second kappa shape index (κ2) is 2.93. The Hall–Kier alpha value is -0.780. The van der Waals surface area contributed by atoms with Crippen LogP contribution in [0.3, 0.4) is 0 Å². The highest BCUT2D eigenvalue weighted by molar-refractivity contribution is 5.40. The molecule has 1 aliphatic carbocycles. The molecule has 0 heterocycles. The molecule has 0 bridgehead atoms. The zero-order valence-corrected chi connectivity index (χ0v) is 7.98. The van der Waals surface area contributed by atoms with Crippen molar-refractivity contribution in [1.82, 2.24) is 0 Å². The van der Waals surface area contributed by atoms with E-state index in [2.05, 4.69) is 26.0 Å². The first kappa shape index (κ1) is 7.85. The summed E-state index contributed by atoms with van der Waals surface area (Å²) in [6.45, 7) is 4.47. The maximum Gasteiger partial charge on any atom is -0.0273 e. The van der Waals surface area contributed by atoms with Gasteiger partial charge in [0.25, 0.3) is 0 Å². The van der Waals surface area contributed by atoms with Gasteiger partial charge in [-0.1, -0.05) is 19.1 Å². The summed E-state index contributed by atoms with van der Waals surface area (Å²) in [6, 6.07) is 4.80. The minimum atomic E-state index is 1.18. The highest BCUT2D eigenvalue weighted by Crippen LogP contribution is 2.25. The van der Waals surface area contributed by atoms with Crippen LogP contribution in [0.1, 0.15) is 35.6 Å². The quantitative estimate of drug-likeness (QED) is 0.592. The van der Waals surface area contributed by atoms with Crippen LogP contribution >= 0.6 is 0 Å². The van der Waals surface area contributed by atoms with E-state index in [-0.39, 0.29) is 0 Å². The van der Waals surface area contributed by atoms with Crippen LogP contribution in [-0.2, 0) is 19.3 Å². The van der Waals surface area contributed by atoms with Crippen molar-refractivity contribution >= 4 is 0 Å². The molecule has 0 N–H and O–H groups in total. The van der Waals surface area contributed by atoms with Gasteiger partial charge in [-0.15, -0.1) is 0 Å². The van der Waals surface area contributed by atoms with E-state index in [0.717, 1.165) is 0 Å². The van der Waals surface area contributed by atoms with E-state index in [9.17, 15) is 0 Å². The average molecular weight is 160 g/mol. The first-order chi connectivity index (χ1) is 5.81. The van der Waals surface area contributed by atoms with Crippen LogP contribution in [0.15, 0.2) is 12.1 Å². The second-order valence-electron chi connectivity index (χ2n) is 3.75. The summed E-state index contributed by atoms with van der Waals surface area (Å²) in [5, 5.41) is 0. The Morgan fingerprint density at radius 3 is 2.50 bits per heavy atom. The fourth-order valence-corrected chi connectivity index (χ4v) is 2.18. The van der Waals surface area contributed by atoms with Crippen LogP contribution in [-0.4, -0.2) is 0 Å². The average Bonchev–Trinajstić information content (AvgIpc) is 2.49. The molecule has 12 heavy (non-hydrogen) atoms. The zero-order valence-electron chi connectivity index (χ0n) is 7.98. The summed E-state index contributed by atoms with van der Waals surface area (Å²) >= 11 is 0. The molecule has 0 atom stereocenters. The lowest BCUT2D eigenvalue weighted by atomic mass is 9.99. The highest BCUT2D eigenvalue weighted by atomic mass is 14.2. The van der Waals surface area contributed by atoms with Gasteiger partial charge in [-0.3, -0.25) is 0 Å². The van der Waals surface area contributed by atoms with Crippen molar-refractivity contribution in [2.45, 2.75) is 39.5 Å². The number of rotatable bonds is 1. The fraction of sp³-hybridized carbons (Fsp3) is 0.500. The molecule has 0 radical (unpaired) electrons. The number of aryl methyl sites for hydroxylation is 4. The van der Waals surface area contributed by atoms with Gasteiger partial charge in [-0.05, 0) is 54.9 Å². The van der Waals surface area contributed by atoms with Crippen LogP contribution in [0.25, 0.3) is 0 Å². The van der Waals surface area contributed by atoms with Gasteiger partial charge in [0.05, 0.1) is 0 Å². The van der Waals surface area contributed by atoms with Crippen molar-refractivity contribution in [2.24, 2.45) is 0 Å². The largest absolute Gasteiger partial charge is 0.0613 e. The van der Waals surface area contributed by atoms with Crippen LogP contribution in [0.2, 0.25) is 0 Å². The van der Waals surface area contributed by atoms with Gasteiger partial charge in [0.1, 0.15) is 0 Å². The highest BCUT2D eigenvalue weighted by Gasteiger charge is 2.11. The fourth-order valence-electron chi connectivity index (χ4n) is 2.18. The van der Waals surface area contributed by atoms with Crippen LogP contribution < -0.4 is 0 Å². The van der Waals surface area contributed by atoms with E-state index in [1.165, 1.54) is 36.8 Å². The standard InChI is InChI=1S/C12H16/c1-3-10-8-12-6-4-5-11(12)7-9(10)2/h7-8H,3-6H2,1-2H3. The van der Waals surface area contributed by atoms with Crippen molar-refractivity contribution in [3.63, 3.8) is 0 Å². The van der Waals surface area contributed by atoms with Gasteiger partial charge in [-0.25, -0.2) is 0 Å². The second-order valence-corrected chi connectivity index (χ2v) is 3.75. The molecular weight excluding hydrogens is 144 g/mol. The maximum atomic E-state index is 2.41.